The molecule has 2 amide bonds. The van der Waals surface area contributed by atoms with Gasteiger partial charge in [-0.3, -0.25) is 9.07 Å². The third kappa shape index (κ3) is 3.69. The molecule has 1 aliphatic rings. The van der Waals surface area contributed by atoms with Gasteiger partial charge in [-0.25, -0.2) is 4.79 Å². The highest BCUT2D eigenvalue weighted by Crippen LogP contribution is 2.21. The predicted octanol–water partition coefficient (Wildman–Crippen LogP) is 1.35. The van der Waals surface area contributed by atoms with Crippen LogP contribution in [-0.4, -0.2) is 53.6 Å². The first kappa shape index (κ1) is 14.8. The van der Waals surface area contributed by atoms with Gasteiger partial charge in [0.25, 0.3) is 0 Å². The Morgan fingerprint density at radius 1 is 1.65 bits per heavy atom. The summed E-state index contributed by atoms with van der Waals surface area (Å²) in [7, 11) is 0. The predicted molar refractivity (Wildman–Crippen MR) is 72.2 cm³/mol. The van der Waals surface area contributed by atoms with Gasteiger partial charge in [0.05, 0.1) is 26.0 Å². The molecule has 1 N–H and O–H groups in total. The number of alkyl halides is 1. The maximum absolute atomic E-state index is 12.0. The molecule has 7 heteroatoms. The Bertz CT molecular complexity index is 438. The molecular formula is C13H21FN4O2. The fourth-order valence-electron chi connectivity index (χ4n) is 2.13. The first-order valence-corrected chi connectivity index (χ1v) is 6.97. The molecule has 0 unspecified atom stereocenters. The van der Waals surface area contributed by atoms with E-state index in [9.17, 15) is 9.18 Å². The highest BCUT2D eigenvalue weighted by atomic mass is 19.1. The van der Waals surface area contributed by atoms with Crippen molar-refractivity contribution in [3.05, 3.63) is 18.0 Å². The summed E-state index contributed by atoms with van der Waals surface area (Å²) in [5, 5.41) is 6.93. The summed E-state index contributed by atoms with van der Waals surface area (Å²) in [6, 6.07) is -0.158. The molecule has 2 heterocycles. The summed E-state index contributed by atoms with van der Waals surface area (Å²) in [6.45, 7) is 4.33. The first-order chi connectivity index (χ1) is 9.74. The van der Waals surface area contributed by atoms with Gasteiger partial charge in [-0.2, -0.15) is 5.10 Å². The standard InChI is InChI=1S/C13H21FN4O2/c1-2-18-9-11(8-16-18)12-10-17(6-7-20-12)13(19)15-5-3-4-14/h8-9,12H,2-7,10H2,1H3,(H,15,19)/t12-/m1/s1. The van der Waals surface area contributed by atoms with Crippen molar-refractivity contribution in [2.45, 2.75) is 26.0 Å². The van der Waals surface area contributed by atoms with Crippen molar-refractivity contribution in [3.8, 4) is 0 Å². The van der Waals surface area contributed by atoms with Crippen LogP contribution in [0.15, 0.2) is 12.4 Å². The van der Waals surface area contributed by atoms with Crippen LogP contribution in [-0.2, 0) is 11.3 Å². The van der Waals surface area contributed by atoms with Crippen LogP contribution in [0.1, 0.15) is 25.0 Å². The molecule has 0 spiro atoms. The number of ether oxygens (including phenoxy) is 1. The van der Waals surface area contributed by atoms with Crippen LogP contribution in [0.5, 0.6) is 0 Å². The number of urea groups is 1. The molecular weight excluding hydrogens is 263 g/mol. The van der Waals surface area contributed by atoms with E-state index in [0.717, 1.165) is 12.1 Å². The number of nitrogens with one attached hydrogen (secondary N) is 1. The highest BCUT2D eigenvalue weighted by molar-refractivity contribution is 5.74. The fourth-order valence-corrected chi connectivity index (χ4v) is 2.13. The van der Waals surface area contributed by atoms with Gasteiger partial charge in [-0.05, 0) is 13.3 Å². The SMILES string of the molecule is CCn1cc([C@H]2CN(C(=O)NCCCF)CCO2)cn1. The second kappa shape index (κ2) is 7.23. The molecule has 1 atom stereocenters. The van der Waals surface area contributed by atoms with Gasteiger partial charge in [0.2, 0.25) is 0 Å². The Morgan fingerprint density at radius 2 is 2.50 bits per heavy atom. The minimum Gasteiger partial charge on any atom is -0.370 e. The highest BCUT2D eigenvalue weighted by Gasteiger charge is 2.26. The lowest BCUT2D eigenvalue weighted by atomic mass is 10.1. The van der Waals surface area contributed by atoms with Gasteiger partial charge in [0.1, 0.15) is 6.10 Å². The minimum absolute atomic E-state index is 0.143. The molecule has 112 valence electrons. The Morgan fingerprint density at radius 3 is 3.20 bits per heavy atom. The van der Waals surface area contributed by atoms with Crippen molar-refractivity contribution in [2.75, 3.05) is 32.9 Å². The quantitative estimate of drug-likeness (QED) is 0.830. The van der Waals surface area contributed by atoms with Gasteiger partial charge >= 0.3 is 6.03 Å². The molecule has 1 aromatic heterocycles. The number of aromatic nitrogens is 2. The summed E-state index contributed by atoms with van der Waals surface area (Å²) in [6.07, 6.45) is 3.92. The molecule has 1 fully saturated rings. The number of carbonyl (C=O) groups is 1. The molecule has 20 heavy (non-hydrogen) atoms. The van der Waals surface area contributed by atoms with Gasteiger partial charge < -0.3 is 15.0 Å². The molecule has 2 rings (SSSR count). The average molecular weight is 284 g/mol. The second-order valence-corrected chi connectivity index (χ2v) is 4.71. The largest absolute Gasteiger partial charge is 0.370 e. The maximum atomic E-state index is 12.0. The number of rotatable bonds is 5. The number of carbonyl (C=O) groups excluding carboxylic acids is 1. The van der Waals surface area contributed by atoms with Crippen molar-refractivity contribution in [2.24, 2.45) is 0 Å². The van der Waals surface area contributed by atoms with Crippen molar-refractivity contribution >= 4 is 6.03 Å². The van der Waals surface area contributed by atoms with Crippen molar-refractivity contribution in [3.63, 3.8) is 0 Å². The zero-order valence-corrected chi connectivity index (χ0v) is 11.7. The van der Waals surface area contributed by atoms with Gasteiger partial charge in [-0.1, -0.05) is 0 Å². The summed E-state index contributed by atoms with van der Waals surface area (Å²) in [5.41, 5.74) is 0.980. The number of hydrogen-bond donors (Lipinski definition) is 1. The van der Waals surface area contributed by atoms with E-state index in [1.54, 1.807) is 11.1 Å². The Labute approximate surface area is 117 Å². The molecule has 6 nitrogen and oxygen atoms in total. The Kier molecular flexibility index (Phi) is 5.34. The molecule has 0 aromatic carbocycles. The van der Waals surface area contributed by atoms with E-state index in [2.05, 4.69) is 10.4 Å². The van der Waals surface area contributed by atoms with Crippen molar-refractivity contribution < 1.29 is 13.9 Å². The molecule has 1 aromatic rings. The number of amides is 2. The van der Waals surface area contributed by atoms with E-state index in [0.29, 0.717) is 32.7 Å². The zero-order valence-electron chi connectivity index (χ0n) is 11.7. The van der Waals surface area contributed by atoms with Crippen molar-refractivity contribution in [1.82, 2.24) is 20.0 Å². The number of nitrogens with zero attached hydrogens (tertiary/aromatic N) is 3. The van der Waals surface area contributed by atoms with E-state index >= 15 is 0 Å². The van der Waals surface area contributed by atoms with Crippen LogP contribution in [0.3, 0.4) is 0 Å². The van der Waals surface area contributed by atoms with Crippen LogP contribution in [0.2, 0.25) is 0 Å². The van der Waals surface area contributed by atoms with Crippen LogP contribution in [0, 0.1) is 0 Å². The summed E-state index contributed by atoms with van der Waals surface area (Å²) >= 11 is 0. The average Bonchev–Trinajstić information content (AvgIpc) is 2.96. The Balaban J connectivity index is 1.89. The van der Waals surface area contributed by atoms with Gasteiger partial charge in [-0.15, -0.1) is 0 Å². The maximum Gasteiger partial charge on any atom is 0.317 e. The third-order valence-electron chi connectivity index (χ3n) is 3.29. The molecule has 0 radical (unpaired) electrons. The monoisotopic (exact) mass is 284 g/mol. The lowest BCUT2D eigenvalue weighted by Gasteiger charge is -2.32. The smallest absolute Gasteiger partial charge is 0.317 e. The first-order valence-electron chi connectivity index (χ1n) is 6.97. The van der Waals surface area contributed by atoms with E-state index < -0.39 is 6.67 Å². The zero-order chi connectivity index (χ0) is 14.4. The van der Waals surface area contributed by atoms with Crippen LogP contribution in [0.25, 0.3) is 0 Å². The van der Waals surface area contributed by atoms with Crippen LogP contribution in [0.4, 0.5) is 9.18 Å². The topological polar surface area (TPSA) is 59.4 Å². The molecule has 0 aliphatic carbocycles. The molecule has 0 saturated carbocycles. The lowest BCUT2D eigenvalue weighted by Crippen LogP contribution is -2.47. The van der Waals surface area contributed by atoms with Crippen molar-refractivity contribution in [1.29, 1.82) is 0 Å². The number of halogens is 1. The number of morpholine rings is 1. The van der Waals surface area contributed by atoms with Gasteiger partial charge in [0, 0.05) is 31.4 Å². The summed E-state index contributed by atoms with van der Waals surface area (Å²) < 4.78 is 19.5. The fraction of sp³-hybridized carbons (Fsp3) is 0.692. The van der Waals surface area contributed by atoms with Crippen LogP contribution >= 0.6 is 0 Å². The van der Waals surface area contributed by atoms with Crippen LogP contribution < -0.4 is 5.32 Å². The molecule has 1 saturated heterocycles. The minimum atomic E-state index is -0.414. The number of hydrogen-bond acceptors (Lipinski definition) is 3. The number of aryl methyl sites for hydroxylation is 1. The second-order valence-electron chi connectivity index (χ2n) is 4.71. The third-order valence-corrected chi connectivity index (χ3v) is 3.29. The summed E-state index contributed by atoms with van der Waals surface area (Å²) in [4.78, 5) is 13.6. The molecule has 1 aliphatic heterocycles. The Hall–Kier alpha value is -1.63. The van der Waals surface area contributed by atoms with E-state index in [1.165, 1.54) is 0 Å². The van der Waals surface area contributed by atoms with E-state index in [1.807, 2.05) is 17.8 Å². The lowest BCUT2D eigenvalue weighted by molar-refractivity contribution is -0.0154. The van der Waals surface area contributed by atoms with E-state index in [-0.39, 0.29) is 12.1 Å². The normalized spacial score (nSPS) is 19.1. The van der Waals surface area contributed by atoms with E-state index in [4.69, 9.17) is 4.74 Å². The summed E-state index contributed by atoms with van der Waals surface area (Å²) in [5.74, 6) is 0. The molecule has 0 bridgehead atoms. The van der Waals surface area contributed by atoms with Gasteiger partial charge in [0.15, 0.2) is 0 Å².